The molecule has 1 atom stereocenters. The van der Waals surface area contributed by atoms with Gasteiger partial charge in [-0.25, -0.2) is 0 Å². The van der Waals surface area contributed by atoms with Crippen LogP contribution in [0.4, 0.5) is 0 Å². The standard InChI is InChI=1S/C20H23N3O5S/c24-19(21-10-14-1-2-17-18(9-14)28-13-27-17)20(25)22-11-16(15-3-8-29-12-15)23-4-6-26-7-5-23/h1-3,8-9,12,16H,4-7,10-11,13H2,(H,21,24)(H,22,25)/t16-/m1/s1. The average Bonchev–Trinajstić information content (AvgIpc) is 3.44. The van der Waals surface area contributed by atoms with E-state index in [-0.39, 0.29) is 19.4 Å². The zero-order chi connectivity index (χ0) is 20.1. The van der Waals surface area contributed by atoms with Crippen LogP contribution in [0.2, 0.25) is 0 Å². The fourth-order valence-electron chi connectivity index (χ4n) is 3.39. The van der Waals surface area contributed by atoms with E-state index in [1.807, 2.05) is 11.4 Å². The van der Waals surface area contributed by atoms with E-state index in [4.69, 9.17) is 14.2 Å². The summed E-state index contributed by atoms with van der Waals surface area (Å²) in [4.78, 5) is 26.8. The van der Waals surface area contributed by atoms with E-state index >= 15 is 0 Å². The summed E-state index contributed by atoms with van der Waals surface area (Å²) >= 11 is 1.62. The number of carbonyl (C=O) groups is 2. The Morgan fingerprint density at radius 3 is 2.66 bits per heavy atom. The summed E-state index contributed by atoms with van der Waals surface area (Å²) in [7, 11) is 0. The number of morpholine rings is 1. The smallest absolute Gasteiger partial charge is 0.309 e. The van der Waals surface area contributed by atoms with Gasteiger partial charge in [0.05, 0.1) is 19.3 Å². The summed E-state index contributed by atoms with van der Waals surface area (Å²) < 4.78 is 16.0. The molecule has 8 nitrogen and oxygen atoms in total. The fourth-order valence-corrected chi connectivity index (χ4v) is 4.10. The van der Waals surface area contributed by atoms with E-state index in [2.05, 4.69) is 27.0 Å². The number of thiophene rings is 1. The molecule has 2 aliphatic heterocycles. The van der Waals surface area contributed by atoms with Gasteiger partial charge in [-0.3, -0.25) is 14.5 Å². The van der Waals surface area contributed by atoms with Crippen LogP contribution < -0.4 is 20.1 Å². The Labute approximate surface area is 172 Å². The number of hydrogen-bond acceptors (Lipinski definition) is 7. The molecule has 2 amide bonds. The molecule has 2 aliphatic rings. The van der Waals surface area contributed by atoms with Gasteiger partial charge in [0.25, 0.3) is 0 Å². The SMILES string of the molecule is O=C(NCc1ccc2c(c1)OCO2)C(=O)NC[C@H](c1ccsc1)N1CCOCC1. The summed E-state index contributed by atoms with van der Waals surface area (Å²) in [6.45, 7) is 3.74. The zero-order valence-electron chi connectivity index (χ0n) is 15.9. The maximum atomic E-state index is 12.3. The highest BCUT2D eigenvalue weighted by Gasteiger charge is 2.24. The van der Waals surface area contributed by atoms with Gasteiger partial charge in [0.2, 0.25) is 6.79 Å². The first-order chi connectivity index (χ1) is 14.2. The number of nitrogens with zero attached hydrogens (tertiary/aromatic N) is 1. The molecule has 0 aliphatic carbocycles. The molecule has 0 spiro atoms. The number of hydrogen-bond donors (Lipinski definition) is 2. The summed E-state index contributed by atoms with van der Waals surface area (Å²) in [5, 5.41) is 9.51. The van der Waals surface area contributed by atoms with Crippen LogP contribution >= 0.6 is 11.3 Å². The predicted molar refractivity (Wildman–Crippen MR) is 107 cm³/mol. The maximum absolute atomic E-state index is 12.3. The molecule has 0 bridgehead atoms. The van der Waals surface area contributed by atoms with Crippen LogP contribution in [0.15, 0.2) is 35.0 Å². The third-order valence-corrected chi connectivity index (χ3v) is 5.67. The van der Waals surface area contributed by atoms with Crippen LogP contribution in [0.5, 0.6) is 11.5 Å². The second-order valence-electron chi connectivity index (χ2n) is 6.80. The van der Waals surface area contributed by atoms with E-state index in [0.717, 1.165) is 24.2 Å². The topological polar surface area (TPSA) is 89.1 Å². The summed E-state index contributed by atoms with van der Waals surface area (Å²) in [5.41, 5.74) is 1.97. The van der Waals surface area contributed by atoms with Crippen molar-refractivity contribution in [2.75, 3.05) is 39.6 Å². The molecule has 2 aromatic rings. The number of carbonyl (C=O) groups excluding carboxylic acids is 2. The minimum Gasteiger partial charge on any atom is -0.454 e. The second-order valence-corrected chi connectivity index (χ2v) is 7.58. The first kappa shape index (κ1) is 19.7. The van der Waals surface area contributed by atoms with Crippen molar-refractivity contribution in [1.29, 1.82) is 0 Å². The minimum atomic E-state index is -0.659. The van der Waals surface area contributed by atoms with E-state index < -0.39 is 11.8 Å². The predicted octanol–water partition coefficient (Wildman–Crippen LogP) is 1.28. The maximum Gasteiger partial charge on any atom is 0.309 e. The van der Waals surface area contributed by atoms with E-state index in [0.29, 0.717) is 31.3 Å². The van der Waals surface area contributed by atoms with Crippen LogP contribution in [0.1, 0.15) is 17.2 Å². The van der Waals surface area contributed by atoms with E-state index in [1.54, 1.807) is 23.5 Å². The molecule has 4 rings (SSSR count). The van der Waals surface area contributed by atoms with Crippen molar-refractivity contribution in [2.45, 2.75) is 12.6 Å². The fraction of sp³-hybridized carbons (Fsp3) is 0.400. The van der Waals surface area contributed by atoms with Crippen molar-refractivity contribution in [2.24, 2.45) is 0 Å². The highest BCUT2D eigenvalue weighted by atomic mass is 32.1. The quantitative estimate of drug-likeness (QED) is 0.689. The average molecular weight is 417 g/mol. The lowest BCUT2D eigenvalue weighted by Crippen LogP contribution is -2.46. The van der Waals surface area contributed by atoms with Gasteiger partial charge < -0.3 is 24.8 Å². The number of rotatable bonds is 6. The van der Waals surface area contributed by atoms with Crippen molar-refractivity contribution >= 4 is 23.2 Å². The zero-order valence-corrected chi connectivity index (χ0v) is 16.7. The number of nitrogens with one attached hydrogen (secondary N) is 2. The minimum absolute atomic E-state index is 0.0239. The molecule has 9 heteroatoms. The van der Waals surface area contributed by atoms with Gasteiger partial charge in [-0.1, -0.05) is 6.07 Å². The molecule has 1 fully saturated rings. The third-order valence-electron chi connectivity index (χ3n) is 4.97. The van der Waals surface area contributed by atoms with Crippen molar-refractivity contribution in [1.82, 2.24) is 15.5 Å². The largest absolute Gasteiger partial charge is 0.454 e. The van der Waals surface area contributed by atoms with Gasteiger partial charge >= 0.3 is 11.8 Å². The molecular weight excluding hydrogens is 394 g/mol. The summed E-state index contributed by atoms with van der Waals surface area (Å²) in [6.07, 6.45) is 0. The van der Waals surface area contributed by atoms with Crippen molar-refractivity contribution < 1.29 is 23.8 Å². The Kier molecular flexibility index (Phi) is 6.28. The number of ether oxygens (including phenoxy) is 3. The van der Waals surface area contributed by atoms with Crippen molar-refractivity contribution in [3.8, 4) is 11.5 Å². The van der Waals surface area contributed by atoms with Crippen LogP contribution in [-0.2, 0) is 20.9 Å². The Balaban J connectivity index is 1.29. The normalized spacial score (nSPS) is 17.0. The Bertz CT molecular complexity index is 852. The molecule has 1 aromatic carbocycles. The molecule has 1 saturated heterocycles. The molecule has 0 unspecified atom stereocenters. The lowest BCUT2D eigenvalue weighted by Gasteiger charge is -2.34. The Hall–Kier alpha value is -2.62. The van der Waals surface area contributed by atoms with Gasteiger partial charge in [0, 0.05) is 26.2 Å². The molecular formula is C20H23N3O5S. The molecule has 29 heavy (non-hydrogen) atoms. The summed E-state index contributed by atoms with van der Waals surface area (Å²) in [6, 6.07) is 7.49. The Morgan fingerprint density at radius 2 is 1.86 bits per heavy atom. The van der Waals surface area contributed by atoms with Gasteiger partial charge in [0.1, 0.15) is 0 Å². The van der Waals surface area contributed by atoms with E-state index in [9.17, 15) is 9.59 Å². The monoisotopic (exact) mass is 417 g/mol. The van der Waals surface area contributed by atoms with Crippen LogP contribution in [0, 0.1) is 0 Å². The van der Waals surface area contributed by atoms with Gasteiger partial charge in [-0.2, -0.15) is 11.3 Å². The van der Waals surface area contributed by atoms with Crippen LogP contribution in [-0.4, -0.2) is 56.4 Å². The van der Waals surface area contributed by atoms with Gasteiger partial charge in [-0.15, -0.1) is 0 Å². The molecule has 154 valence electrons. The van der Waals surface area contributed by atoms with Crippen LogP contribution in [0.3, 0.4) is 0 Å². The molecule has 3 heterocycles. The number of benzene rings is 1. The molecule has 2 N–H and O–H groups in total. The second kappa shape index (κ2) is 9.25. The lowest BCUT2D eigenvalue weighted by atomic mass is 10.1. The molecule has 0 saturated carbocycles. The van der Waals surface area contributed by atoms with Gasteiger partial charge in [0.15, 0.2) is 11.5 Å². The van der Waals surface area contributed by atoms with Crippen molar-refractivity contribution in [3.05, 3.63) is 46.2 Å². The van der Waals surface area contributed by atoms with Gasteiger partial charge in [-0.05, 0) is 40.1 Å². The molecule has 1 aromatic heterocycles. The van der Waals surface area contributed by atoms with Crippen LogP contribution in [0.25, 0.3) is 0 Å². The third kappa shape index (κ3) is 4.87. The van der Waals surface area contributed by atoms with E-state index in [1.165, 1.54) is 0 Å². The summed E-state index contributed by atoms with van der Waals surface area (Å²) in [5.74, 6) is 0.0265. The van der Waals surface area contributed by atoms with Crippen molar-refractivity contribution in [3.63, 3.8) is 0 Å². The number of amides is 2. The highest BCUT2D eigenvalue weighted by Crippen LogP contribution is 2.32. The highest BCUT2D eigenvalue weighted by molar-refractivity contribution is 7.08. The first-order valence-electron chi connectivity index (χ1n) is 9.49. The number of fused-ring (bicyclic) bond motifs is 1. The first-order valence-corrected chi connectivity index (χ1v) is 10.4. The molecule has 0 radical (unpaired) electrons. The Morgan fingerprint density at radius 1 is 1.07 bits per heavy atom. The lowest BCUT2D eigenvalue weighted by molar-refractivity contribution is -0.139.